The van der Waals surface area contributed by atoms with Crippen LogP contribution < -0.4 is 0 Å². The zero-order valence-corrected chi connectivity index (χ0v) is 27.7. The Labute approximate surface area is 286 Å². The summed E-state index contributed by atoms with van der Waals surface area (Å²) in [7, 11) is 0. The van der Waals surface area contributed by atoms with E-state index in [9.17, 15) is 10.5 Å². The summed E-state index contributed by atoms with van der Waals surface area (Å²) in [5, 5.41) is 23.1. The van der Waals surface area contributed by atoms with Gasteiger partial charge in [0.05, 0.1) is 56.7 Å². The second-order valence-electron chi connectivity index (χ2n) is 13.2. The van der Waals surface area contributed by atoms with E-state index in [0.29, 0.717) is 33.2 Å². The third kappa shape index (κ3) is 4.82. The predicted molar refractivity (Wildman–Crippen MR) is 194 cm³/mol. The molecule has 2 heterocycles. The molecule has 0 atom stereocenters. The van der Waals surface area contributed by atoms with Crippen molar-refractivity contribution in [2.45, 2.75) is 33.9 Å². The smallest absolute Gasteiger partial charge is 0.309 e. The lowest BCUT2D eigenvalue weighted by atomic mass is 9.96. The lowest BCUT2D eigenvalue weighted by Crippen LogP contribution is -2.16. The maximum absolute atomic E-state index is 16.1. The van der Waals surface area contributed by atoms with Crippen LogP contribution in [0.4, 0.5) is 13.2 Å². The molecule has 0 fully saturated rings. The number of rotatable bonds is 3. The minimum atomic E-state index is -4.79. The first-order valence-corrected chi connectivity index (χ1v) is 16.2. The van der Waals surface area contributed by atoms with Gasteiger partial charge in [-0.25, -0.2) is 0 Å². The van der Waals surface area contributed by atoms with Gasteiger partial charge < -0.3 is 9.13 Å². The molecule has 0 spiro atoms. The largest absolute Gasteiger partial charge is 0.420 e. The summed E-state index contributed by atoms with van der Waals surface area (Å²) in [5.74, 6) is 0. The maximum atomic E-state index is 16.1. The van der Waals surface area contributed by atoms with Gasteiger partial charge in [-0.2, -0.15) is 23.7 Å². The van der Waals surface area contributed by atoms with Gasteiger partial charge in [-0.3, -0.25) is 0 Å². The molecule has 0 saturated heterocycles. The van der Waals surface area contributed by atoms with Gasteiger partial charge in [0.2, 0.25) is 0 Å². The van der Waals surface area contributed by atoms with Crippen molar-refractivity contribution in [3.05, 3.63) is 142 Å². The number of benzene rings is 6. The number of halogens is 3. The van der Waals surface area contributed by atoms with Crippen LogP contribution in [0.3, 0.4) is 0 Å². The second kappa shape index (κ2) is 11.1. The Hall–Kier alpha value is -6.31. The van der Waals surface area contributed by atoms with Crippen molar-refractivity contribution in [3.63, 3.8) is 0 Å². The van der Waals surface area contributed by atoms with Gasteiger partial charge in [-0.1, -0.05) is 48.5 Å². The average molecular weight is 659 g/mol. The van der Waals surface area contributed by atoms with Crippen LogP contribution in [0, 0.1) is 50.4 Å². The number of nitriles is 2. The van der Waals surface area contributed by atoms with Crippen molar-refractivity contribution in [2.75, 3.05) is 0 Å². The van der Waals surface area contributed by atoms with E-state index in [1.807, 2.05) is 100 Å². The summed E-state index contributed by atoms with van der Waals surface area (Å²) < 4.78 is 51.7. The Morgan fingerprint density at radius 1 is 0.460 bits per heavy atom. The van der Waals surface area contributed by atoms with Crippen LogP contribution in [-0.2, 0) is 6.18 Å². The molecule has 0 N–H and O–H groups in total. The highest BCUT2D eigenvalue weighted by atomic mass is 19.4. The molecule has 8 rings (SSSR count). The van der Waals surface area contributed by atoms with Gasteiger partial charge in [0, 0.05) is 21.5 Å². The molecule has 4 nitrogen and oxygen atoms in total. The number of fused-ring (bicyclic) bond motifs is 6. The first kappa shape index (κ1) is 31.0. The summed E-state index contributed by atoms with van der Waals surface area (Å²) in [6, 6.07) is 35.5. The van der Waals surface area contributed by atoms with Crippen LogP contribution >= 0.6 is 0 Å². The molecule has 0 radical (unpaired) electrons. The van der Waals surface area contributed by atoms with Crippen LogP contribution in [0.1, 0.15) is 38.9 Å². The molecule has 0 unspecified atom stereocenters. The monoisotopic (exact) mass is 658 g/mol. The first-order chi connectivity index (χ1) is 23.9. The van der Waals surface area contributed by atoms with E-state index in [1.54, 1.807) is 33.4 Å². The molecule has 0 bridgehead atoms. The molecule has 6 aromatic carbocycles. The molecular formula is C43H29F3N4. The summed E-state index contributed by atoms with van der Waals surface area (Å²) >= 11 is 0. The van der Waals surface area contributed by atoms with Crippen LogP contribution in [-0.4, -0.2) is 9.13 Å². The number of hydrogen-bond donors (Lipinski definition) is 0. The minimum absolute atomic E-state index is 0.0441. The molecule has 0 aliphatic carbocycles. The van der Waals surface area contributed by atoms with E-state index in [4.69, 9.17) is 0 Å². The zero-order valence-electron chi connectivity index (χ0n) is 27.7. The highest BCUT2D eigenvalue weighted by molar-refractivity contribution is 6.11. The third-order valence-electron chi connectivity index (χ3n) is 9.54. The van der Waals surface area contributed by atoms with Gasteiger partial charge >= 0.3 is 6.18 Å². The highest BCUT2D eigenvalue weighted by Gasteiger charge is 2.39. The van der Waals surface area contributed by atoms with Gasteiger partial charge in [0.25, 0.3) is 0 Å². The third-order valence-corrected chi connectivity index (χ3v) is 9.54. The van der Waals surface area contributed by atoms with Crippen LogP contribution in [0.25, 0.3) is 66.1 Å². The fourth-order valence-electron chi connectivity index (χ4n) is 7.34. The van der Waals surface area contributed by atoms with Gasteiger partial charge in [0.1, 0.15) is 5.56 Å². The van der Waals surface area contributed by atoms with E-state index < -0.39 is 11.7 Å². The number of aryl methyl sites for hydroxylation is 4. The van der Waals surface area contributed by atoms with Gasteiger partial charge in [-0.05, 0) is 116 Å². The predicted octanol–water partition coefficient (Wildman–Crippen LogP) is 11.5. The average Bonchev–Trinajstić information content (AvgIpc) is 3.57. The first-order valence-electron chi connectivity index (χ1n) is 16.2. The van der Waals surface area contributed by atoms with Crippen molar-refractivity contribution in [3.8, 4) is 34.6 Å². The summed E-state index contributed by atoms with van der Waals surface area (Å²) in [6.45, 7) is 7.72. The molecule has 0 saturated carbocycles. The van der Waals surface area contributed by atoms with Crippen LogP contribution in [0.15, 0.2) is 103 Å². The second-order valence-corrected chi connectivity index (χ2v) is 13.2. The Balaban J connectivity index is 1.64. The molecule has 242 valence electrons. The molecular weight excluding hydrogens is 629 g/mol. The van der Waals surface area contributed by atoms with Crippen molar-refractivity contribution in [2.24, 2.45) is 0 Å². The maximum Gasteiger partial charge on any atom is 0.420 e. The normalized spacial score (nSPS) is 11.9. The molecule has 50 heavy (non-hydrogen) atoms. The molecule has 7 heteroatoms. The molecule has 8 aromatic rings. The topological polar surface area (TPSA) is 57.4 Å². The van der Waals surface area contributed by atoms with E-state index in [0.717, 1.165) is 43.8 Å². The Bertz CT molecular complexity index is 2520. The van der Waals surface area contributed by atoms with Crippen molar-refractivity contribution < 1.29 is 13.2 Å². The van der Waals surface area contributed by atoms with Gasteiger partial charge in [0.15, 0.2) is 0 Å². The Morgan fingerprint density at radius 2 is 0.780 bits per heavy atom. The van der Waals surface area contributed by atoms with E-state index >= 15 is 13.2 Å². The summed E-state index contributed by atoms with van der Waals surface area (Å²) in [6.07, 6.45) is -4.79. The SMILES string of the molecule is Cc1ccc2c3ccc(C)cc3n(-c3cc(-c4cc(C#N)cc(C#N)c4)cc(-n4c5cc(C)ccc5c5ccc(C)cc54)c3C(F)(F)F)c2c1. The van der Waals surface area contributed by atoms with E-state index in [2.05, 4.69) is 12.1 Å². The van der Waals surface area contributed by atoms with Crippen molar-refractivity contribution in [1.29, 1.82) is 10.5 Å². The lowest BCUT2D eigenvalue weighted by molar-refractivity contribution is -0.137. The van der Waals surface area contributed by atoms with Crippen molar-refractivity contribution in [1.82, 2.24) is 9.13 Å². The lowest BCUT2D eigenvalue weighted by Gasteiger charge is -2.23. The Morgan fingerprint density at radius 3 is 1.08 bits per heavy atom. The summed E-state index contributed by atoms with van der Waals surface area (Å²) in [5.41, 5.74) is 6.78. The fourth-order valence-corrected chi connectivity index (χ4v) is 7.34. The zero-order chi connectivity index (χ0) is 35.1. The van der Waals surface area contributed by atoms with E-state index in [1.165, 1.54) is 6.07 Å². The fraction of sp³-hybridized carbons (Fsp3) is 0.116. The number of nitrogens with zero attached hydrogens (tertiary/aromatic N) is 4. The number of aromatic nitrogens is 2. The van der Waals surface area contributed by atoms with Crippen LogP contribution in [0.5, 0.6) is 0 Å². The minimum Gasteiger partial charge on any atom is -0.309 e. The molecule has 0 aliphatic heterocycles. The summed E-state index contributed by atoms with van der Waals surface area (Å²) in [4.78, 5) is 0. The van der Waals surface area contributed by atoms with Crippen molar-refractivity contribution >= 4 is 43.6 Å². The Kier molecular flexibility index (Phi) is 6.89. The van der Waals surface area contributed by atoms with Gasteiger partial charge in [-0.15, -0.1) is 0 Å². The number of alkyl halides is 3. The number of hydrogen-bond acceptors (Lipinski definition) is 2. The standard InChI is InChI=1S/C43H29F3N4/c1-24-5-9-32-33-10-6-25(2)14-37(33)49(36(32)13-24)40-20-31(30-18-28(22-47)17-29(19-30)23-48)21-41(42(40)43(44,45)46)50-38-15-26(3)7-11-34(38)35-12-8-27(4)16-39(35)50/h5-21H,1-4H3. The molecule has 0 amide bonds. The quantitative estimate of drug-likeness (QED) is 0.190. The van der Waals surface area contributed by atoms with E-state index in [-0.39, 0.29) is 22.5 Å². The molecule has 0 aliphatic rings. The highest BCUT2D eigenvalue weighted by Crippen LogP contribution is 2.46. The van der Waals surface area contributed by atoms with Crippen LogP contribution in [0.2, 0.25) is 0 Å². The molecule has 2 aromatic heterocycles.